The second-order valence-electron chi connectivity index (χ2n) is 6.24. The van der Waals surface area contributed by atoms with Crippen LogP contribution in [-0.4, -0.2) is 54.0 Å². The van der Waals surface area contributed by atoms with E-state index in [2.05, 4.69) is 20.5 Å². The van der Waals surface area contributed by atoms with Crippen LogP contribution >= 0.6 is 0 Å². The number of aromatic nitrogens is 3. The third kappa shape index (κ3) is 6.20. The van der Waals surface area contributed by atoms with Crippen molar-refractivity contribution >= 4 is 18.3 Å². The number of carbonyl (C=O) groups is 2. The number of carboxylic acid groups (broad SMARTS) is 1. The highest BCUT2D eigenvalue weighted by Gasteiger charge is 2.16. The normalized spacial score (nSPS) is 9.81. The van der Waals surface area contributed by atoms with Crippen LogP contribution in [0.25, 0.3) is 11.4 Å². The summed E-state index contributed by atoms with van der Waals surface area (Å²) in [7, 11) is 4.59. The van der Waals surface area contributed by atoms with Crippen molar-refractivity contribution in [2.75, 3.05) is 26.6 Å². The average Bonchev–Trinajstić information content (AvgIpc) is 3.21. The number of amides is 1. The van der Waals surface area contributed by atoms with Crippen molar-refractivity contribution in [2.24, 2.45) is 0 Å². The summed E-state index contributed by atoms with van der Waals surface area (Å²) in [6.07, 6.45) is 0.102. The van der Waals surface area contributed by atoms with E-state index in [1.165, 1.54) is 21.3 Å². The second-order valence-corrected chi connectivity index (χ2v) is 6.24. The van der Waals surface area contributed by atoms with Crippen molar-refractivity contribution < 1.29 is 28.9 Å². The van der Waals surface area contributed by atoms with Gasteiger partial charge >= 0.3 is 0 Å². The summed E-state index contributed by atoms with van der Waals surface area (Å²) in [6.45, 7) is 1.75. The number of nitrogens with zero attached hydrogens (tertiary/aromatic N) is 2. The van der Waals surface area contributed by atoms with Crippen LogP contribution in [0.1, 0.15) is 11.1 Å². The van der Waals surface area contributed by atoms with Gasteiger partial charge in [-0.05, 0) is 30.7 Å². The molecule has 0 radical (unpaired) electrons. The lowest BCUT2D eigenvalue weighted by Crippen LogP contribution is -2.15. The Bertz CT molecular complexity index is 1010. The molecular weight excluding hydrogens is 404 g/mol. The molecule has 0 aliphatic heterocycles. The summed E-state index contributed by atoms with van der Waals surface area (Å²) in [5.41, 5.74) is 2.72. The predicted molar refractivity (Wildman–Crippen MR) is 114 cm³/mol. The highest BCUT2D eigenvalue weighted by atomic mass is 16.5. The molecule has 0 bridgehead atoms. The summed E-state index contributed by atoms with van der Waals surface area (Å²) < 4.78 is 15.9. The lowest BCUT2D eigenvalue weighted by Gasteiger charge is -2.13. The van der Waals surface area contributed by atoms with Crippen molar-refractivity contribution in [3.63, 3.8) is 0 Å². The van der Waals surface area contributed by atoms with E-state index >= 15 is 0 Å². The van der Waals surface area contributed by atoms with Crippen molar-refractivity contribution in [3.05, 3.63) is 47.5 Å². The third-order valence-corrected chi connectivity index (χ3v) is 4.12. The minimum atomic E-state index is -0.260. The Balaban J connectivity index is 0.00000107. The molecule has 10 heteroatoms. The molecule has 1 aromatic heterocycles. The van der Waals surface area contributed by atoms with Crippen molar-refractivity contribution in [2.45, 2.75) is 13.3 Å². The zero-order valence-corrected chi connectivity index (χ0v) is 17.6. The average molecular weight is 428 g/mol. The number of anilines is 1. The van der Waals surface area contributed by atoms with Crippen molar-refractivity contribution in [3.8, 4) is 28.6 Å². The fourth-order valence-corrected chi connectivity index (χ4v) is 2.83. The van der Waals surface area contributed by atoms with Gasteiger partial charge in [0.15, 0.2) is 17.3 Å². The van der Waals surface area contributed by atoms with E-state index in [1.54, 1.807) is 12.1 Å². The van der Waals surface area contributed by atoms with Gasteiger partial charge in [0.25, 0.3) is 6.47 Å². The highest BCUT2D eigenvalue weighted by molar-refractivity contribution is 5.91. The Labute approximate surface area is 179 Å². The van der Waals surface area contributed by atoms with E-state index in [1.807, 2.05) is 31.2 Å². The van der Waals surface area contributed by atoms with Gasteiger partial charge in [-0.25, -0.2) is 0 Å². The number of H-pyrrole nitrogens is 1. The molecule has 2 aromatic carbocycles. The van der Waals surface area contributed by atoms with Crippen molar-refractivity contribution in [1.29, 1.82) is 0 Å². The van der Waals surface area contributed by atoms with E-state index in [9.17, 15) is 4.79 Å². The molecule has 0 unspecified atom stereocenters. The number of benzene rings is 2. The quantitative estimate of drug-likeness (QED) is 0.489. The van der Waals surface area contributed by atoms with Crippen molar-refractivity contribution in [1.82, 2.24) is 15.2 Å². The topological polar surface area (TPSA) is 136 Å². The number of carbonyl (C=O) groups excluding carboxylic acids is 1. The lowest BCUT2D eigenvalue weighted by atomic mass is 10.1. The maximum absolute atomic E-state index is 12.4. The van der Waals surface area contributed by atoms with Gasteiger partial charge in [-0.15, -0.1) is 5.10 Å². The molecule has 0 fully saturated rings. The molecule has 3 aromatic rings. The van der Waals surface area contributed by atoms with Crippen LogP contribution in [0, 0.1) is 6.92 Å². The van der Waals surface area contributed by atoms with Crippen LogP contribution < -0.4 is 19.5 Å². The number of methoxy groups -OCH3 is 3. The molecule has 164 valence electrons. The van der Waals surface area contributed by atoms with Crippen LogP contribution in [0.3, 0.4) is 0 Å². The summed E-state index contributed by atoms with van der Waals surface area (Å²) >= 11 is 0. The molecule has 3 N–H and O–H groups in total. The van der Waals surface area contributed by atoms with Gasteiger partial charge < -0.3 is 19.3 Å². The van der Waals surface area contributed by atoms with Crippen LogP contribution in [0.2, 0.25) is 0 Å². The van der Waals surface area contributed by atoms with E-state index in [0.717, 1.165) is 11.1 Å². The van der Waals surface area contributed by atoms with E-state index in [-0.39, 0.29) is 24.7 Å². The Morgan fingerprint density at radius 2 is 1.77 bits per heavy atom. The minimum absolute atomic E-state index is 0.102. The molecule has 0 saturated carbocycles. The summed E-state index contributed by atoms with van der Waals surface area (Å²) in [6, 6.07) is 11.3. The largest absolute Gasteiger partial charge is 0.493 e. The molecule has 0 aliphatic rings. The first-order valence-electron chi connectivity index (χ1n) is 9.11. The fraction of sp³-hybridized carbons (Fsp3) is 0.238. The lowest BCUT2D eigenvalue weighted by molar-refractivity contribution is -0.123. The van der Waals surface area contributed by atoms with Gasteiger partial charge in [0.2, 0.25) is 17.6 Å². The standard InChI is InChI=1S/C20H22N4O4.CH2O2/c1-12-6-5-7-14(8-12)19-22-20(24-23-19)21-17(25)11-13-9-15(26-2)18(28-4)16(10-13)27-3;2-1-3/h5-10H,11H2,1-4H3,(H2,21,22,23,24,25);1H,(H,2,3). The zero-order valence-electron chi connectivity index (χ0n) is 17.6. The number of ether oxygens (including phenoxy) is 3. The first-order chi connectivity index (χ1) is 14.9. The number of nitrogens with one attached hydrogen (secondary N) is 2. The summed E-state index contributed by atoms with van der Waals surface area (Å²) in [5, 5.41) is 16.5. The van der Waals surface area contributed by atoms with Gasteiger partial charge in [-0.1, -0.05) is 23.8 Å². The maximum atomic E-state index is 12.4. The van der Waals surface area contributed by atoms with Gasteiger partial charge in [0, 0.05) is 5.56 Å². The highest BCUT2D eigenvalue weighted by Crippen LogP contribution is 2.38. The molecular formula is C21H24N4O6. The monoisotopic (exact) mass is 428 g/mol. The smallest absolute Gasteiger partial charge is 0.290 e. The minimum Gasteiger partial charge on any atom is -0.493 e. The molecule has 3 rings (SSSR count). The molecule has 31 heavy (non-hydrogen) atoms. The van der Waals surface area contributed by atoms with Gasteiger partial charge in [-0.2, -0.15) is 4.98 Å². The first-order valence-corrected chi connectivity index (χ1v) is 9.11. The number of hydrogen-bond donors (Lipinski definition) is 3. The molecule has 1 heterocycles. The van der Waals surface area contributed by atoms with Crippen LogP contribution in [0.15, 0.2) is 36.4 Å². The Morgan fingerprint density at radius 3 is 2.32 bits per heavy atom. The zero-order chi connectivity index (χ0) is 22.8. The molecule has 0 spiro atoms. The SMILES string of the molecule is COc1cc(CC(=O)Nc2n[nH]c(-c3cccc(C)c3)n2)cc(OC)c1OC.O=CO. The van der Waals surface area contributed by atoms with E-state index < -0.39 is 0 Å². The molecule has 1 amide bonds. The summed E-state index contributed by atoms with van der Waals surface area (Å²) in [5.74, 6) is 2.00. The second kappa shape index (κ2) is 11.2. The first kappa shape index (κ1) is 23.2. The van der Waals surface area contributed by atoms with Gasteiger partial charge in [0.05, 0.1) is 27.8 Å². The Morgan fingerprint density at radius 1 is 1.13 bits per heavy atom. The molecule has 0 aliphatic carbocycles. The van der Waals surface area contributed by atoms with Crippen LogP contribution in [0.5, 0.6) is 17.2 Å². The predicted octanol–water partition coefficient (Wildman–Crippen LogP) is 2.69. The molecule has 0 atom stereocenters. The number of aromatic amines is 1. The number of hydrogen-bond acceptors (Lipinski definition) is 7. The summed E-state index contributed by atoms with van der Waals surface area (Å²) in [4.78, 5) is 25.1. The Hall–Kier alpha value is -4.08. The number of aryl methyl sites for hydroxylation is 1. The van der Waals surface area contributed by atoms with Crippen LogP contribution in [-0.2, 0) is 16.0 Å². The number of rotatable bonds is 7. The molecule has 10 nitrogen and oxygen atoms in total. The third-order valence-electron chi connectivity index (χ3n) is 4.12. The Kier molecular flexibility index (Phi) is 8.38. The van der Waals surface area contributed by atoms with E-state index in [4.69, 9.17) is 24.1 Å². The van der Waals surface area contributed by atoms with Gasteiger partial charge in [0.1, 0.15) is 0 Å². The van der Waals surface area contributed by atoms with E-state index in [0.29, 0.717) is 28.6 Å². The fourth-order valence-electron chi connectivity index (χ4n) is 2.83. The van der Waals surface area contributed by atoms with Gasteiger partial charge in [-0.3, -0.25) is 20.0 Å². The molecule has 0 saturated heterocycles. The van der Waals surface area contributed by atoms with Crippen LogP contribution in [0.4, 0.5) is 5.95 Å². The maximum Gasteiger partial charge on any atom is 0.290 e.